The van der Waals surface area contributed by atoms with Gasteiger partial charge >= 0.3 is 0 Å². The fraction of sp³-hybridized carbons (Fsp3) is 0.190. The summed E-state index contributed by atoms with van der Waals surface area (Å²) in [5, 5.41) is 6.43. The molecular formula is C21H20N4O3. The zero-order valence-corrected chi connectivity index (χ0v) is 15.7. The number of aryl methyl sites for hydroxylation is 1. The van der Waals surface area contributed by atoms with Crippen molar-refractivity contribution in [1.29, 1.82) is 0 Å². The highest BCUT2D eigenvalue weighted by atomic mass is 16.6. The van der Waals surface area contributed by atoms with Crippen molar-refractivity contribution in [1.82, 2.24) is 9.97 Å². The molecule has 2 heterocycles. The second-order valence-electron chi connectivity index (χ2n) is 6.46. The van der Waals surface area contributed by atoms with Gasteiger partial charge in [-0.2, -0.15) is 4.98 Å². The molecule has 1 aromatic heterocycles. The largest absolute Gasteiger partial charge is 0.486 e. The third-order valence-corrected chi connectivity index (χ3v) is 4.19. The van der Waals surface area contributed by atoms with Crippen molar-refractivity contribution in [2.45, 2.75) is 13.8 Å². The Bertz CT molecular complexity index is 1040. The molecule has 4 rings (SSSR count). The van der Waals surface area contributed by atoms with Crippen LogP contribution < -0.4 is 20.1 Å². The Labute approximate surface area is 162 Å². The summed E-state index contributed by atoms with van der Waals surface area (Å²) < 4.78 is 11.2. The summed E-state index contributed by atoms with van der Waals surface area (Å²) in [6, 6.07) is 14.8. The number of carbonyl (C=O) groups is 1. The number of Topliss-reactive ketones (excluding diaryl/α,β-unsaturated/α-hetero) is 1. The molecular weight excluding hydrogens is 356 g/mol. The number of hydrogen-bond acceptors (Lipinski definition) is 7. The fourth-order valence-electron chi connectivity index (χ4n) is 2.90. The molecule has 28 heavy (non-hydrogen) atoms. The van der Waals surface area contributed by atoms with Gasteiger partial charge < -0.3 is 20.1 Å². The first kappa shape index (κ1) is 17.8. The number of nitrogens with one attached hydrogen (secondary N) is 2. The van der Waals surface area contributed by atoms with Gasteiger partial charge in [-0.3, -0.25) is 4.79 Å². The number of rotatable bonds is 5. The third kappa shape index (κ3) is 4.03. The van der Waals surface area contributed by atoms with Crippen molar-refractivity contribution in [3.05, 3.63) is 59.8 Å². The van der Waals surface area contributed by atoms with Crippen LogP contribution >= 0.6 is 0 Å². The van der Waals surface area contributed by atoms with Gasteiger partial charge in [0.2, 0.25) is 5.95 Å². The van der Waals surface area contributed by atoms with Crippen molar-refractivity contribution in [2.75, 3.05) is 23.8 Å². The van der Waals surface area contributed by atoms with Gasteiger partial charge in [0.25, 0.3) is 0 Å². The number of aromatic nitrogens is 2. The van der Waals surface area contributed by atoms with Crippen LogP contribution in [-0.2, 0) is 0 Å². The molecule has 0 radical (unpaired) electrons. The van der Waals surface area contributed by atoms with Crippen molar-refractivity contribution in [3.63, 3.8) is 0 Å². The number of fused-ring (bicyclic) bond motifs is 1. The predicted octanol–water partition coefficient (Wildman–Crippen LogP) is 4.25. The molecule has 7 nitrogen and oxygen atoms in total. The Balaban J connectivity index is 1.55. The molecule has 0 saturated heterocycles. The first-order chi connectivity index (χ1) is 13.6. The number of ketones is 1. The number of benzene rings is 2. The van der Waals surface area contributed by atoms with Crippen molar-refractivity contribution >= 4 is 28.9 Å². The molecule has 7 heteroatoms. The molecule has 0 aliphatic carbocycles. The molecule has 0 bridgehead atoms. The van der Waals surface area contributed by atoms with E-state index in [1.807, 2.05) is 43.3 Å². The maximum Gasteiger partial charge on any atom is 0.229 e. The summed E-state index contributed by atoms with van der Waals surface area (Å²) >= 11 is 0. The van der Waals surface area contributed by atoms with E-state index in [1.54, 1.807) is 19.1 Å². The number of ether oxygens (including phenoxy) is 2. The maximum atomic E-state index is 11.6. The second kappa shape index (κ2) is 7.56. The summed E-state index contributed by atoms with van der Waals surface area (Å²) in [6.07, 6.45) is 0. The Morgan fingerprint density at radius 3 is 2.54 bits per heavy atom. The van der Waals surface area contributed by atoms with E-state index < -0.39 is 0 Å². The molecule has 0 atom stereocenters. The fourth-order valence-corrected chi connectivity index (χ4v) is 2.90. The highest BCUT2D eigenvalue weighted by Gasteiger charge is 2.12. The number of hydrogen-bond donors (Lipinski definition) is 2. The van der Waals surface area contributed by atoms with E-state index >= 15 is 0 Å². The van der Waals surface area contributed by atoms with E-state index in [4.69, 9.17) is 9.47 Å². The summed E-state index contributed by atoms with van der Waals surface area (Å²) in [7, 11) is 0. The SMILES string of the molecule is CC(=O)c1cccc(Nc2cc(C)nc(Nc3ccc4c(c3)OCCO4)n2)c1. The average Bonchev–Trinajstić information content (AvgIpc) is 2.67. The first-order valence-corrected chi connectivity index (χ1v) is 8.97. The predicted molar refractivity (Wildman–Crippen MR) is 107 cm³/mol. The van der Waals surface area contributed by atoms with Crippen LogP contribution in [0.2, 0.25) is 0 Å². The van der Waals surface area contributed by atoms with Gasteiger partial charge in [0.1, 0.15) is 19.0 Å². The lowest BCUT2D eigenvalue weighted by atomic mass is 10.1. The minimum Gasteiger partial charge on any atom is -0.486 e. The van der Waals surface area contributed by atoms with Gasteiger partial charge in [0.15, 0.2) is 17.3 Å². The highest BCUT2D eigenvalue weighted by molar-refractivity contribution is 5.95. The summed E-state index contributed by atoms with van der Waals surface area (Å²) in [4.78, 5) is 20.5. The lowest BCUT2D eigenvalue weighted by Gasteiger charge is -2.19. The van der Waals surface area contributed by atoms with Crippen LogP contribution in [0.5, 0.6) is 11.5 Å². The van der Waals surface area contributed by atoms with Crippen LogP contribution in [0.1, 0.15) is 23.0 Å². The van der Waals surface area contributed by atoms with E-state index in [9.17, 15) is 4.79 Å². The molecule has 1 aliphatic rings. The average molecular weight is 376 g/mol. The van der Waals surface area contributed by atoms with E-state index in [1.165, 1.54) is 0 Å². The summed E-state index contributed by atoms with van der Waals surface area (Å²) in [5.41, 5.74) is 3.04. The molecule has 142 valence electrons. The quantitative estimate of drug-likeness (QED) is 0.644. The van der Waals surface area contributed by atoms with Crippen molar-refractivity contribution in [2.24, 2.45) is 0 Å². The van der Waals surface area contributed by atoms with Gasteiger partial charge in [-0.15, -0.1) is 0 Å². The molecule has 1 aliphatic heterocycles. The maximum absolute atomic E-state index is 11.6. The van der Waals surface area contributed by atoms with E-state index in [0.717, 1.165) is 22.8 Å². The molecule has 0 spiro atoms. The van der Waals surface area contributed by atoms with Gasteiger partial charge in [-0.1, -0.05) is 12.1 Å². The molecule has 0 amide bonds. The zero-order valence-electron chi connectivity index (χ0n) is 15.7. The van der Waals surface area contributed by atoms with Crippen molar-refractivity contribution < 1.29 is 14.3 Å². The minimum absolute atomic E-state index is 0.0171. The number of anilines is 4. The Hall–Kier alpha value is -3.61. The molecule has 0 fully saturated rings. The number of carbonyl (C=O) groups excluding carboxylic acids is 1. The monoisotopic (exact) mass is 376 g/mol. The summed E-state index contributed by atoms with van der Waals surface area (Å²) in [5.74, 6) is 2.54. The van der Waals surface area contributed by atoms with Gasteiger partial charge in [0, 0.05) is 34.8 Å². The van der Waals surface area contributed by atoms with Gasteiger partial charge in [-0.05, 0) is 38.1 Å². The van der Waals surface area contributed by atoms with E-state index in [-0.39, 0.29) is 5.78 Å². The second-order valence-corrected chi connectivity index (χ2v) is 6.46. The molecule has 3 aromatic rings. The Morgan fingerprint density at radius 2 is 1.71 bits per heavy atom. The number of nitrogens with zero attached hydrogens (tertiary/aromatic N) is 2. The van der Waals surface area contributed by atoms with Crippen molar-refractivity contribution in [3.8, 4) is 11.5 Å². The van der Waals surface area contributed by atoms with Crippen LogP contribution in [0, 0.1) is 6.92 Å². The molecule has 2 N–H and O–H groups in total. The third-order valence-electron chi connectivity index (χ3n) is 4.19. The topological polar surface area (TPSA) is 85.4 Å². The van der Waals surface area contributed by atoms with Crippen LogP contribution in [0.4, 0.5) is 23.1 Å². The Morgan fingerprint density at radius 1 is 0.929 bits per heavy atom. The van der Waals surface area contributed by atoms with Crippen LogP contribution in [-0.4, -0.2) is 29.0 Å². The van der Waals surface area contributed by atoms with Crippen LogP contribution in [0.3, 0.4) is 0 Å². The minimum atomic E-state index is 0.0171. The van der Waals surface area contributed by atoms with E-state index in [2.05, 4.69) is 20.6 Å². The lowest BCUT2D eigenvalue weighted by Crippen LogP contribution is -2.15. The smallest absolute Gasteiger partial charge is 0.229 e. The van der Waals surface area contributed by atoms with E-state index in [0.29, 0.717) is 36.3 Å². The first-order valence-electron chi connectivity index (χ1n) is 8.97. The zero-order chi connectivity index (χ0) is 19.5. The molecule has 2 aromatic carbocycles. The molecule has 0 unspecified atom stereocenters. The summed E-state index contributed by atoms with van der Waals surface area (Å²) in [6.45, 7) is 4.53. The molecule has 0 saturated carbocycles. The Kier molecular flexibility index (Phi) is 4.80. The normalized spacial score (nSPS) is 12.4. The van der Waals surface area contributed by atoms with Crippen LogP contribution in [0.15, 0.2) is 48.5 Å². The standard InChI is InChI=1S/C21H20N4O3/c1-13-10-20(23-16-5-3-4-15(11-16)14(2)26)25-21(22-13)24-17-6-7-18-19(12-17)28-9-8-27-18/h3-7,10-12H,8-9H2,1-2H3,(H2,22,23,24,25). The lowest BCUT2D eigenvalue weighted by molar-refractivity contribution is 0.101. The van der Waals surface area contributed by atoms with Gasteiger partial charge in [0.05, 0.1) is 0 Å². The van der Waals surface area contributed by atoms with Gasteiger partial charge in [-0.25, -0.2) is 4.98 Å². The van der Waals surface area contributed by atoms with Crippen LogP contribution in [0.25, 0.3) is 0 Å². The highest BCUT2D eigenvalue weighted by Crippen LogP contribution is 2.33.